The van der Waals surface area contributed by atoms with E-state index in [1.165, 1.54) is 0 Å². The molecule has 17 heavy (non-hydrogen) atoms. The molecule has 0 aliphatic carbocycles. The minimum Gasteiger partial charge on any atom is -0.399 e. The summed E-state index contributed by atoms with van der Waals surface area (Å²) in [6.07, 6.45) is 0. The molecule has 1 aromatic carbocycles. The molecule has 5 nitrogen and oxygen atoms in total. The van der Waals surface area contributed by atoms with Crippen LogP contribution in [0.15, 0.2) is 18.2 Å². The van der Waals surface area contributed by atoms with Crippen molar-refractivity contribution in [1.29, 1.82) is 0 Å². The highest BCUT2D eigenvalue weighted by Crippen LogP contribution is 2.17. The number of ether oxygens (including phenoxy) is 1. The predicted molar refractivity (Wildman–Crippen MR) is 67.0 cm³/mol. The summed E-state index contributed by atoms with van der Waals surface area (Å²) in [6.45, 7) is 4.40. The Morgan fingerprint density at radius 1 is 1.41 bits per heavy atom. The van der Waals surface area contributed by atoms with Crippen LogP contribution in [0, 0.1) is 6.92 Å². The van der Waals surface area contributed by atoms with Gasteiger partial charge in [-0.05, 0) is 30.7 Å². The third kappa shape index (κ3) is 2.88. The highest BCUT2D eigenvalue weighted by Gasteiger charge is 2.16. The Morgan fingerprint density at radius 3 is 2.76 bits per heavy atom. The summed E-state index contributed by atoms with van der Waals surface area (Å²) in [7, 11) is 0. The Hall–Kier alpha value is -1.75. The van der Waals surface area contributed by atoms with E-state index >= 15 is 0 Å². The first kappa shape index (κ1) is 11.7. The number of carbonyl (C=O) groups excluding carboxylic acids is 1. The summed E-state index contributed by atoms with van der Waals surface area (Å²) >= 11 is 0. The number of nitrogens with two attached hydrogens (primary N) is 1. The van der Waals surface area contributed by atoms with Gasteiger partial charge in [0.15, 0.2) is 0 Å². The van der Waals surface area contributed by atoms with Crippen LogP contribution in [0.1, 0.15) is 5.56 Å². The summed E-state index contributed by atoms with van der Waals surface area (Å²) in [6, 6.07) is 5.39. The van der Waals surface area contributed by atoms with E-state index in [0.717, 1.165) is 16.9 Å². The van der Waals surface area contributed by atoms with E-state index < -0.39 is 0 Å². The summed E-state index contributed by atoms with van der Waals surface area (Å²) < 4.78 is 5.20. The van der Waals surface area contributed by atoms with Gasteiger partial charge in [-0.25, -0.2) is 4.79 Å². The molecule has 3 N–H and O–H groups in total. The maximum Gasteiger partial charge on any atom is 0.321 e. The third-order valence-electron chi connectivity index (χ3n) is 2.82. The second kappa shape index (κ2) is 5.05. The van der Waals surface area contributed by atoms with Gasteiger partial charge in [0.05, 0.1) is 13.2 Å². The number of nitrogens with zero attached hydrogens (tertiary/aromatic N) is 1. The zero-order chi connectivity index (χ0) is 12.3. The Balaban J connectivity index is 1.99. The van der Waals surface area contributed by atoms with Crippen molar-refractivity contribution in [1.82, 2.24) is 4.90 Å². The molecule has 0 bridgehead atoms. The number of aryl methyl sites for hydroxylation is 1. The van der Waals surface area contributed by atoms with Crippen LogP contribution in [0.2, 0.25) is 0 Å². The lowest BCUT2D eigenvalue weighted by molar-refractivity contribution is 0.0564. The molecular weight excluding hydrogens is 218 g/mol. The van der Waals surface area contributed by atoms with Gasteiger partial charge >= 0.3 is 6.03 Å². The van der Waals surface area contributed by atoms with Gasteiger partial charge in [-0.15, -0.1) is 0 Å². The maximum absolute atomic E-state index is 11.9. The molecule has 1 heterocycles. The number of urea groups is 1. The lowest BCUT2D eigenvalue weighted by Gasteiger charge is -2.27. The Kier molecular flexibility index (Phi) is 3.49. The highest BCUT2D eigenvalue weighted by molar-refractivity contribution is 5.89. The molecule has 1 fully saturated rings. The van der Waals surface area contributed by atoms with Crippen LogP contribution >= 0.6 is 0 Å². The number of morpholine rings is 1. The van der Waals surface area contributed by atoms with Crippen molar-refractivity contribution in [2.45, 2.75) is 6.92 Å². The van der Waals surface area contributed by atoms with Crippen LogP contribution in [-0.4, -0.2) is 37.2 Å². The van der Waals surface area contributed by atoms with E-state index in [-0.39, 0.29) is 6.03 Å². The Labute approximate surface area is 101 Å². The van der Waals surface area contributed by atoms with Crippen molar-refractivity contribution < 1.29 is 9.53 Å². The van der Waals surface area contributed by atoms with Crippen molar-refractivity contribution in [3.05, 3.63) is 23.8 Å². The van der Waals surface area contributed by atoms with Crippen molar-refractivity contribution >= 4 is 17.4 Å². The van der Waals surface area contributed by atoms with E-state index in [4.69, 9.17) is 10.5 Å². The molecule has 0 spiro atoms. The van der Waals surface area contributed by atoms with Gasteiger partial charge in [0.1, 0.15) is 0 Å². The van der Waals surface area contributed by atoms with Gasteiger partial charge in [0.2, 0.25) is 0 Å². The van der Waals surface area contributed by atoms with Crippen LogP contribution in [0.5, 0.6) is 0 Å². The van der Waals surface area contributed by atoms with Crippen LogP contribution in [-0.2, 0) is 4.74 Å². The predicted octanol–water partition coefficient (Wildman–Crippen LogP) is 1.44. The average Bonchev–Trinajstić information content (AvgIpc) is 2.35. The van der Waals surface area contributed by atoms with Crippen molar-refractivity contribution in [3.8, 4) is 0 Å². The number of amides is 2. The molecule has 1 aliphatic rings. The number of benzene rings is 1. The van der Waals surface area contributed by atoms with Gasteiger partial charge in [0, 0.05) is 24.5 Å². The van der Waals surface area contributed by atoms with E-state index in [0.29, 0.717) is 26.3 Å². The lowest BCUT2D eigenvalue weighted by Crippen LogP contribution is -2.43. The summed E-state index contributed by atoms with van der Waals surface area (Å²) in [4.78, 5) is 13.6. The Bertz CT molecular complexity index is 414. The monoisotopic (exact) mass is 235 g/mol. The van der Waals surface area contributed by atoms with Crippen molar-refractivity contribution in [3.63, 3.8) is 0 Å². The normalized spacial score (nSPS) is 15.7. The molecule has 2 amide bonds. The Morgan fingerprint density at radius 2 is 2.12 bits per heavy atom. The zero-order valence-corrected chi connectivity index (χ0v) is 9.90. The second-order valence-electron chi connectivity index (χ2n) is 4.10. The SMILES string of the molecule is Cc1cc(NC(=O)N2CCOCC2)ccc1N. The van der Waals surface area contributed by atoms with Gasteiger partial charge in [-0.1, -0.05) is 0 Å². The van der Waals surface area contributed by atoms with Gasteiger partial charge in [-0.2, -0.15) is 0 Å². The van der Waals surface area contributed by atoms with E-state index in [9.17, 15) is 4.79 Å². The molecule has 1 aliphatic heterocycles. The fraction of sp³-hybridized carbons (Fsp3) is 0.417. The molecule has 5 heteroatoms. The fourth-order valence-electron chi connectivity index (χ4n) is 1.72. The first-order valence-corrected chi connectivity index (χ1v) is 5.66. The molecule has 92 valence electrons. The van der Waals surface area contributed by atoms with E-state index in [1.807, 2.05) is 13.0 Å². The zero-order valence-electron chi connectivity index (χ0n) is 9.90. The van der Waals surface area contributed by atoms with Crippen molar-refractivity contribution in [2.24, 2.45) is 0 Å². The number of nitrogen functional groups attached to an aromatic ring is 1. The number of anilines is 2. The average molecular weight is 235 g/mol. The molecule has 0 saturated carbocycles. The highest BCUT2D eigenvalue weighted by atomic mass is 16.5. The minimum atomic E-state index is -0.0857. The molecule has 0 atom stereocenters. The quantitative estimate of drug-likeness (QED) is 0.724. The first-order chi connectivity index (χ1) is 8.16. The van der Waals surface area contributed by atoms with Gasteiger partial charge < -0.3 is 20.7 Å². The topological polar surface area (TPSA) is 67.6 Å². The summed E-state index contributed by atoms with van der Waals surface area (Å²) in [5.41, 5.74) is 8.19. The van der Waals surface area contributed by atoms with Crippen molar-refractivity contribution in [2.75, 3.05) is 37.4 Å². The standard InChI is InChI=1S/C12H17N3O2/c1-9-8-10(2-3-11(9)13)14-12(16)15-4-6-17-7-5-15/h2-3,8H,4-7,13H2,1H3,(H,14,16). The van der Waals surface area contributed by atoms with Crippen LogP contribution in [0.4, 0.5) is 16.2 Å². The third-order valence-corrected chi connectivity index (χ3v) is 2.82. The number of hydrogen-bond acceptors (Lipinski definition) is 3. The van der Waals surface area contributed by atoms with Crippen LogP contribution in [0.3, 0.4) is 0 Å². The van der Waals surface area contributed by atoms with Crippen LogP contribution < -0.4 is 11.1 Å². The molecule has 1 saturated heterocycles. The minimum absolute atomic E-state index is 0.0857. The second-order valence-corrected chi connectivity index (χ2v) is 4.10. The molecular formula is C12H17N3O2. The number of rotatable bonds is 1. The van der Waals surface area contributed by atoms with E-state index in [1.54, 1.807) is 17.0 Å². The van der Waals surface area contributed by atoms with Gasteiger partial charge in [0.25, 0.3) is 0 Å². The van der Waals surface area contributed by atoms with Crippen LogP contribution in [0.25, 0.3) is 0 Å². The molecule has 1 aromatic rings. The molecule has 0 radical (unpaired) electrons. The molecule has 0 unspecified atom stereocenters. The first-order valence-electron chi connectivity index (χ1n) is 5.66. The smallest absolute Gasteiger partial charge is 0.321 e. The number of nitrogens with one attached hydrogen (secondary N) is 1. The van der Waals surface area contributed by atoms with E-state index in [2.05, 4.69) is 5.32 Å². The largest absolute Gasteiger partial charge is 0.399 e. The fourth-order valence-corrected chi connectivity index (χ4v) is 1.72. The summed E-state index contributed by atoms with van der Waals surface area (Å²) in [5.74, 6) is 0. The number of carbonyl (C=O) groups is 1. The molecule has 2 rings (SSSR count). The maximum atomic E-state index is 11.9. The molecule has 0 aromatic heterocycles. The summed E-state index contributed by atoms with van der Waals surface area (Å²) in [5, 5.41) is 2.86. The lowest BCUT2D eigenvalue weighted by atomic mass is 10.2. The van der Waals surface area contributed by atoms with Gasteiger partial charge in [-0.3, -0.25) is 0 Å². The number of hydrogen-bond donors (Lipinski definition) is 2.